The second-order valence-corrected chi connectivity index (χ2v) is 5.12. The fourth-order valence-electron chi connectivity index (χ4n) is 2.50. The zero-order chi connectivity index (χ0) is 14.6. The molecule has 1 aliphatic heterocycles. The molecule has 0 radical (unpaired) electrons. The van der Waals surface area contributed by atoms with E-state index in [-0.39, 0.29) is 12.4 Å². The zero-order valence-corrected chi connectivity index (χ0v) is 11.1. The number of alkyl halides is 3. The van der Waals surface area contributed by atoms with Crippen molar-refractivity contribution in [2.45, 2.75) is 25.7 Å². The van der Waals surface area contributed by atoms with E-state index in [2.05, 4.69) is 9.64 Å². The average Bonchev–Trinajstić information content (AvgIpc) is 2.40. The molecular formula is C14H18F3NO2. The Kier molecular flexibility index (Phi) is 4.88. The van der Waals surface area contributed by atoms with Crippen molar-refractivity contribution in [3.63, 3.8) is 0 Å². The third-order valence-electron chi connectivity index (χ3n) is 3.42. The van der Waals surface area contributed by atoms with Gasteiger partial charge < -0.3 is 9.84 Å². The van der Waals surface area contributed by atoms with Crippen LogP contribution in [0, 0.1) is 5.92 Å². The van der Waals surface area contributed by atoms with E-state index in [0.29, 0.717) is 12.5 Å². The predicted octanol–water partition coefficient (Wildman–Crippen LogP) is 2.79. The second-order valence-electron chi connectivity index (χ2n) is 5.12. The van der Waals surface area contributed by atoms with E-state index in [1.807, 2.05) is 0 Å². The molecule has 0 aliphatic carbocycles. The largest absolute Gasteiger partial charge is 0.573 e. The summed E-state index contributed by atoms with van der Waals surface area (Å²) in [5.74, 6) is 0.102. The number of nitrogens with zero attached hydrogens (tertiary/aromatic N) is 1. The molecule has 1 atom stereocenters. The molecule has 112 valence electrons. The van der Waals surface area contributed by atoms with Gasteiger partial charge in [0.2, 0.25) is 0 Å². The Morgan fingerprint density at radius 3 is 2.55 bits per heavy atom. The Labute approximate surface area is 116 Å². The highest BCUT2D eigenvalue weighted by molar-refractivity contribution is 5.27. The van der Waals surface area contributed by atoms with Crippen molar-refractivity contribution in [2.24, 2.45) is 5.92 Å². The fraction of sp³-hybridized carbons (Fsp3) is 0.571. The zero-order valence-electron chi connectivity index (χ0n) is 11.1. The lowest BCUT2D eigenvalue weighted by Gasteiger charge is -2.31. The van der Waals surface area contributed by atoms with E-state index in [1.54, 1.807) is 12.1 Å². The minimum Gasteiger partial charge on any atom is -0.406 e. The molecule has 1 saturated heterocycles. The standard InChI is InChI=1S/C14H18F3NO2/c15-14(16,17)20-13-5-3-11(4-6-13)8-18-7-1-2-12(9-18)10-19/h3-6,12,19H,1-2,7-10H2/t12-/m0/s1. The third kappa shape index (κ3) is 4.68. The smallest absolute Gasteiger partial charge is 0.406 e. The average molecular weight is 289 g/mol. The summed E-state index contributed by atoms with van der Waals surface area (Å²) in [7, 11) is 0. The van der Waals surface area contributed by atoms with Crippen molar-refractivity contribution in [1.29, 1.82) is 0 Å². The lowest BCUT2D eigenvalue weighted by atomic mass is 9.98. The summed E-state index contributed by atoms with van der Waals surface area (Å²) >= 11 is 0. The molecule has 0 unspecified atom stereocenters. The molecule has 0 bridgehead atoms. The van der Waals surface area contributed by atoms with E-state index in [4.69, 9.17) is 5.11 Å². The predicted molar refractivity (Wildman–Crippen MR) is 68.2 cm³/mol. The third-order valence-corrected chi connectivity index (χ3v) is 3.42. The Bertz CT molecular complexity index is 419. The van der Waals surface area contributed by atoms with Gasteiger partial charge in [0.15, 0.2) is 0 Å². The van der Waals surface area contributed by atoms with E-state index >= 15 is 0 Å². The van der Waals surface area contributed by atoms with Gasteiger partial charge in [-0.15, -0.1) is 13.2 Å². The summed E-state index contributed by atoms with van der Waals surface area (Å²) in [6.07, 6.45) is -2.57. The normalized spacial score (nSPS) is 20.9. The maximum atomic E-state index is 12.0. The molecule has 20 heavy (non-hydrogen) atoms. The van der Waals surface area contributed by atoms with Crippen molar-refractivity contribution < 1.29 is 23.0 Å². The minimum absolute atomic E-state index is 0.189. The number of rotatable bonds is 4. The summed E-state index contributed by atoms with van der Waals surface area (Å²) in [6.45, 7) is 2.66. The molecular weight excluding hydrogens is 271 g/mol. The van der Waals surface area contributed by atoms with Crippen LogP contribution in [0.15, 0.2) is 24.3 Å². The Hall–Kier alpha value is -1.27. The second kappa shape index (κ2) is 6.45. The van der Waals surface area contributed by atoms with E-state index in [1.165, 1.54) is 12.1 Å². The van der Waals surface area contributed by atoms with Crippen LogP contribution in [-0.2, 0) is 6.54 Å². The number of hydrogen-bond donors (Lipinski definition) is 1. The Morgan fingerprint density at radius 2 is 1.95 bits per heavy atom. The van der Waals surface area contributed by atoms with Crippen molar-refractivity contribution in [2.75, 3.05) is 19.7 Å². The van der Waals surface area contributed by atoms with Gasteiger partial charge in [-0.1, -0.05) is 12.1 Å². The number of aliphatic hydroxyl groups excluding tert-OH is 1. The van der Waals surface area contributed by atoms with Gasteiger partial charge in [0.05, 0.1) is 0 Å². The first-order chi connectivity index (χ1) is 9.46. The molecule has 0 saturated carbocycles. The lowest BCUT2D eigenvalue weighted by Crippen LogP contribution is -2.36. The number of piperidine rings is 1. The van der Waals surface area contributed by atoms with Gasteiger partial charge in [-0.3, -0.25) is 4.90 Å². The summed E-state index contributed by atoms with van der Waals surface area (Å²) in [5, 5.41) is 9.17. The van der Waals surface area contributed by atoms with E-state index < -0.39 is 6.36 Å². The Morgan fingerprint density at radius 1 is 1.25 bits per heavy atom. The van der Waals surface area contributed by atoms with E-state index in [0.717, 1.165) is 31.5 Å². The van der Waals surface area contributed by atoms with Crippen LogP contribution in [0.1, 0.15) is 18.4 Å². The van der Waals surface area contributed by atoms with Crippen LogP contribution in [0.25, 0.3) is 0 Å². The van der Waals surface area contributed by atoms with Crippen LogP contribution in [0.5, 0.6) is 5.75 Å². The van der Waals surface area contributed by atoms with Crippen LogP contribution in [0.4, 0.5) is 13.2 Å². The van der Waals surface area contributed by atoms with E-state index in [9.17, 15) is 13.2 Å². The molecule has 3 nitrogen and oxygen atoms in total. The van der Waals surface area contributed by atoms with Crippen molar-refractivity contribution in [3.8, 4) is 5.75 Å². The van der Waals surface area contributed by atoms with Crippen LogP contribution < -0.4 is 4.74 Å². The molecule has 0 spiro atoms. The first-order valence-electron chi connectivity index (χ1n) is 6.64. The highest BCUT2D eigenvalue weighted by Crippen LogP contribution is 2.24. The monoisotopic (exact) mass is 289 g/mol. The molecule has 2 rings (SSSR count). The summed E-state index contributed by atoms with van der Waals surface area (Å²) in [6, 6.07) is 5.94. The SMILES string of the molecule is OC[C@H]1CCCN(Cc2ccc(OC(F)(F)F)cc2)C1. The summed E-state index contributed by atoms with van der Waals surface area (Å²) < 4.78 is 40.0. The molecule has 0 aromatic heterocycles. The first-order valence-corrected chi connectivity index (χ1v) is 6.64. The van der Waals surface area contributed by atoms with Gasteiger partial charge >= 0.3 is 6.36 Å². The van der Waals surface area contributed by atoms with Crippen LogP contribution in [0.2, 0.25) is 0 Å². The molecule has 1 fully saturated rings. The number of aliphatic hydroxyl groups is 1. The molecule has 6 heteroatoms. The van der Waals surface area contributed by atoms with Crippen LogP contribution in [-0.4, -0.2) is 36.1 Å². The van der Waals surface area contributed by atoms with Gasteiger partial charge in [0.25, 0.3) is 0 Å². The lowest BCUT2D eigenvalue weighted by molar-refractivity contribution is -0.274. The quantitative estimate of drug-likeness (QED) is 0.925. The van der Waals surface area contributed by atoms with Crippen molar-refractivity contribution in [3.05, 3.63) is 29.8 Å². The summed E-state index contributed by atoms with van der Waals surface area (Å²) in [4.78, 5) is 2.21. The molecule has 1 aromatic carbocycles. The van der Waals surface area contributed by atoms with Crippen LogP contribution in [0.3, 0.4) is 0 Å². The number of likely N-dealkylation sites (tertiary alicyclic amines) is 1. The maximum absolute atomic E-state index is 12.0. The number of ether oxygens (including phenoxy) is 1. The number of benzene rings is 1. The van der Waals surface area contributed by atoms with Crippen LogP contribution >= 0.6 is 0 Å². The molecule has 1 aromatic rings. The molecule has 0 amide bonds. The van der Waals surface area contributed by atoms with Gasteiger partial charge in [-0.2, -0.15) is 0 Å². The van der Waals surface area contributed by atoms with Crippen molar-refractivity contribution >= 4 is 0 Å². The Balaban J connectivity index is 1.90. The molecule has 1 N–H and O–H groups in total. The highest BCUT2D eigenvalue weighted by atomic mass is 19.4. The molecule has 1 heterocycles. The van der Waals surface area contributed by atoms with Crippen molar-refractivity contribution in [1.82, 2.24) is 4.90 Å². The first kappa shape index (κ1) is 15.1. The maximum Gasteiger partial charge on any atom is 0.573 e. The minimum atomic E-state index is -4.65. The topological polar surface area (TPSA) is 32.7 Å². The van der Waals surface area contributed by atoms with Gasteiger partial charge in [-0.05, 0) is 43.0 Å². The van der Waals surface area contributed by atoms with Gasteiger partial charge in [-0.25, -0.2) is 0 Å². The highest BCUT2D eigenvalue weighted by Gasteiger charge is 2.31. The molecule has 1 aliphatic rings. The fourth-order valence-corrected chi connectivity index (χ4v) is 2.50. The summed E-state index contributed by atoms with van der Waals surface area (Å²) in [5.41, 5.74) is 0.943. The number of halogens is 3. The van der Waals surface area contributed by atoms with Gasteiger partial charge in [0.1, 0.15) is 5.75 Å². The number of hydrogen-bond acceptors (Lipinski definition) is 3. The van der Waals surface area contributed by atoms with Gasteiger partial charge in [0, 0.05) is 19.7 Å².